The standard InChI is InChI=1S/C17H24N2S2/c1-11-10-17(2,3)8-7-13(11)18-12-5-6-14-15(9-12)21-16(19-14)20-4/h5-6,9,11,13,18H,7-8,10H2,1-4H3. The van der Waals surface area contributed by atoms with E-state index in [2.05, 4.69) is 55.5 Å². The molecule has 2 atom stereocenters. The number of aromatic nitrogens is 1. The minimum Gasteiger partial charge on any atom is -0.382 e. The van der Waals surface area contributed by atoms with E-state index in [1.165, 1.54) is 29.6 Å². The number of rotatable bonds is 3. The summed E-state index contributed by atoms with van der Waals surface area (Å²) in [6.07, 6.45) is 5.98. The molecule has 1 heterocycles. The fraction of sp³-hybridized carbons (Fsp3) is 0.588. The molecule has 114 valence electrons. The summed E-state index contributed by atoms with van der Waals surface area (Å²) in [5.41, 5.74) is 2.87. The lowest BCUT2D eigenvalue weighted by Crippen LogP contribution is -2.36. The molecule has 1 N–H and O–H groups in total. The average Bonchev–Trinajstić information content (AvgIpc) is 2.83. The van der Waals surface area contributed by atoms with Crippen LogP contribution < -0.4 is 5.32 Å². The van der Waals surface area contributed by atoms with Gasteiger partial charge in [-0.1, -0.05) is 32.5 Å². The first-order valence-electron chi connectivity index (χ1n) is 7.68. The molecule has 0 saturated heterocycles. The Morgan fingerprint density at radius 3 is 2.90 bits per heavy atom. The number of thioether (sulfide) groups is 1. The van der Waals surface area contributed by atoms with E-state index in [1.807, 2.05) is 0 Å². The second kappa shape index (κ2) is 5.81. The third kappa shape index (κ3) is 3.37. The van der Waals surface area contributed by atoms with E-state index in [0.29, 0.717) is 11.5 Å². The topological polar surface area (TPSA) is 24.9 Å². The van der Waals surface area contributed by atoms with Crippen molar-refractivity contribution < 1.29 is 0 Å². The maximum atomic E-state index is 4.61. The Kier molecular flexibility index (Phi) is 4.19. The molecule has 1 aromatic carbocycles. The van der Waals surface area contributed by atoms with Gasteiger partial charge in [-0.2, -0.15) is 0 Å². The summed E-state index contributed by atoms with van der Waals surface area (Å²) >= 11 is 3.51. The lowest BCUT2D eigenvalue weighted by molar-refractivity contribution is 0.177. The molecule has 2 nitrogen and oxygen atoms in total. The minimum atomic E-state index is 0.506. The first-order valence-corrected chi connectivity index (χ1v) is 9.72. The number of nitrogens with one attached hydrogen (secondary N) is 1. The van der Waals surface area contributed by atoms with Gasteiger partial charge in [0.05, 0.1) is 10.2 Å². The number of fused-ring (bicyclic) bond motifs is 1. The van der Waals surface area contributed by atoms with E-state index in [4.69, 9.17) is 0 Å². The molecule has 0 amide bonds. The van der Waals surface area contributed by atoms with Crippen LogP contribution in [0.3, 0.4) is 0 Å². The SMILES string of the molecule is CSc1nc2ccc(NC3CCC(C)(C)CC3C)cc2s1. The Hall–Kier alpha value is -0.740. The summed E-state index contributed by atoms with van der Waals surface area (Å²) in [6.45, 7) is 7.18. The molecule has 0 spiro atoms. The van der Waals surface area contributed by atoms with Crippen LogP contribution in [-0.4, -0.2) is 17.3 Å². The predicted molar refractivity (Wildman–Crippen MR) is 95.6 cm³/mol. The van der Waals surface area contributed by atoms with E-state index in [-0.39, 0.29) is 0 Å². The molecule has 1 fully saturated rings. The van der Waals surface area contributed by atoms with Crippen LogP contribution in [0.4, 0.5) is 5.69 Å². The molecule has 2 unspecified atom stereocenters. The zero-order chi connectivity index (χ0) is 15.0. The lowest BCUT2D eigenvalue weighted by Gasteiger charge is -2.40. The van der Waals surface area contributed by atoms with Gasteiger partial charge in [0.2, 0.25) is 0 Å². The zero-order valence-corrected chi connectivity index (χ0v) is 14.9. The minimum absolute atomic E-state index is 0.506. The fourth-order valence-electron chi connectivity index (χ4n) is 3.46. The molecule has 1 aromatic heterocycles. The molecule has 0 radical (unpaired) electrons. The molecular weight excluding hydrogens is 296 g/mol. The van der Waals surface area contributed by atoms with E-state index in [9.17, 15) is 0 Å². The van der Waals surface area contributed by atoms with Gasteiger partial charge in [-0.25, -0.2) is 4.98 Å². The summed E-state index contributed by atoms with van der Waals surface area (Å²) in [6, 6.07) is 7.19. The van der Waals surface area contributed by atoms with Gasteiger partial charge in [0.15, 0.2) is 4.34 Å². The summed E-state index contributed by atoms with van der Waals surface area (Å²) in [7, 11) is 0. The van der Waals surface area contributed by atoms with Crippen LogP contribution in [0, 0.1) is 11.3 Å². The number of anilines is 1. The smallest absolute Gasteiger partial charge is 0.150 e. The van der Waals surface area contributed by atoms with Gasteiger partial charge >= 0.3 is 0 Å². The summed E-state index contributed by atoms with van der Waals surface area (Å²) in [5.74, 6) is 0.729. The highest BCUT2D eigenvalue weighted by Crippen LogP contribution is 2.40. The fourth-order valence-corrected chi connectivity index (χ4v) is 4.98. The van der Waals surface area contributed by atoms with Crippen LogP contribution in [0.1, 0.15) is 40.0 Å². The van der Waals surface area contributed by atoms with Gasteiger partial charge in [0.25, 0.3) is 0 Å². The Labute approximate surface area is 135 Å². The maximum absolute atomic E-state index is 4.61. The molecule has 1 saturated carbocycles. The van der Waals surface area contributed by atoms with Crippen LogP contribution in [0.2, 0.25) is 0 Å². The van der Waals surface area contributed by atoms with Gasteiger partial charge in [-0.3, -0.25) is 0 Å². The molecule has 2 aromatic rings. The van der Waals surface area contributed by atoms with Crippen molar-refractivity contribution in [2.45, 2.75) is 50.4 Å². The third-order valence-electron chi connectivity index (χ3n) is 4.59. The van der Waals surface area contributed by atoms with Gasteiger partial charge < -0.3 is 5.32 Å². The van der Waals surface area contributed by atoms with Crippen molar-refractivity contribution in [1.82, 2.24) is 4.98 Å². The van der Waals surface area contributed by atoms with Crippen molar-refractivity contribution in [2.24, 2.45) is 11.3 Å². The summed E-state index contributed by atoms with van der Waals surface area (Å²) < 4.78 is 2.43. The number of benzene rings is 1. The van der Waals surface area contributed by atoms with Crippen LogP contribution in [0.25, 0.3) is 10.2 Å². The molecule has 0 bridgehead atoms. The maximum Gasteiger partial charge on any atom is 0.150 e. The molecule has 1 aliphatic carbocycles. The number of hydrogen-bond acceptors (Lipinski definition) is 4. The molecular formula is C17H24N2S2. The number of nitrogens with zero attached hydrogens (tertiary/aromatic N) is 1. The van der Waals surface area contributed by atoms with Crippen LogP contribution in [0.5, 0.6) is 0 Å². The van der Waals surface area contributed by atoms with Crippen molar-refractivity contribution in [2.75, 3.05) is 11.6 Å². The monoisotopic (exact) mass is 320 g/mol. The van der Waals surface area contributed by atoms with Gasteiger partial charge in [-0.15, -0.1) is 11.3 Å². The molecule has 0 aliphatic heterocycles. The first kappa shape index (κ1) is 15.2. The Morgan fingerprint density at radius 2 is 2.19 bits per heavy atom. The third-order valence-corrected chi connectivity index (χ3v) is 6.59. The Balaban J connectivity index is 1.75. The van der Waals surface area contributed by atoms with Crippen LogP contribution in [0.15, 0.2) is 22.5 Å². The van der Waals surface area contributed by atoms with Crippen molar-refractivity contribution in [3.63, 3.8) is 0 Å². The van der Waals surface area contributed by atoms with Crippen LogP contribution >= 0.6 is 23.1 Å². The average molecular weight is 321 g/mol. The van der Waals surface area contributed by atoms with Crippen LogP contribution in [-0.2, 0) is 0 Å². The van der Waals surface area contributed by atoms with E-state index in [0.717, 1.165) is 15.8 Å². The van der Waals surface area contributed by atoms with E-state index >= 15 is 0 Å². The van der Waals surface area contributed by atoms with Gasteiger partial charge in [-0.05, 0) is 55.1 Å². The van der Waals surface area contributed by atoms with Crippen molar-refractivity contribution in [3.05, 3.63) is 18.2 Å². The number of thiazole rings is 1. The first-order chi connectivity index (χ1) is 9.97. The highest BCUT2D eigenvalue weighted by molar-refractivity contribution is 8.00. The van der Waals surface area contributed by atoms with Gasteiger partial charge in [0.1, 0.15) is 0 Å². The predicted octanol–water partition coefficient (Wildman–Crippen LogP) is 5.64. The number of hydrogen-bond donors (Lipinski definition) is 1. The molecule has 3 rings (SSSR count). The second-order valence-electron chi connectivity index (χ2n) is 7.00. The Bertz CT molecular complexity index is 633. The molecule has 21 heavy (non-hydrogen) atoms. The van der Waals surface area contributed by atoms with E-state index in [1.54, 1.807) is 23.1 Å². The molecule has 1 aliphatic rings. The highest BCUT2D eigenvalue weighted by atomic mass is 32.2. The molecule has 4 heteroatoms. The quantitative estimate of drug-likeness (QED) is 0.740. The van der Waals surface area contributed by atoms with Gasteiger partial charge in [0, 0.05) is 11.7 Å². The zero-order valence-electron chi connectivity index (χ0n) is 13.3. The highest BCUT2D eigenvalue weighted by Gasteiger charge is 2.32. The largest absolute Gasteiger partial charge is 0.382 e. The lowest BCUT2D eigenvalue weighted by atomic mass is 9.70. The Morgan fingerprint density at radius 1 is 1.38 bits per heavy atom. The summed E-state index contributed by atoms with van der Waals surface area (Å²) in [4.78, 5) is 4.61. The van der Waals surface area contributed by atoms with Crippen molar-refractivity contribution >= 4 is 39.0 Å². The second-order valence-corrected chi connectivity index (χ2v) is 9.09. The van der Waals surface area contributed by atoms with Crippen molar-refractivity contribution in [3.8, 4) is 0 Å². The van der Waals surface area contributed by atoms with E-state index < -0.39 is 0 Å². The summed E-state index contributed by atoms with van der Waals surface area (Å²) in [5, 5.41) is 3.76. The van der Waals surface area contributed by atoms with Crippen molar-refractivity contribution in [1.29, 1.82) is 0 Å². The normalized spacial score (nSPS) is 25.1.